The predicted molar refractivity (Wildman–Crippen MR) is 99.0 cm³/mol. The van der Waals surface area contributed by atoms with E-state index < -0.39 is 0 Å². The minimum Gasteiger partial charge on any atom is -0.491 e. The van der Waals surface area contributed by atoms with Gasteiger partial charge in [-0.1, -0.05) is 42.5 Å². The normalized spacial score (nSPS) is 10.5. The second-order valence-corrected chi connectivity index (χ2v) is 5.97. The summed E-state index contributed by atoms with van der Waals surface area (Å²) >= 11 is 0. The van der Waals surface area contributed by atoms with Crippen molar-refractivity contribution in [2.24, 2.45) is 0 Å². The van der Waals surface area contributed by atoms with Crippen LogP contribution in [0.25, 0.3) is 11.1 Å². The quantitative estimate of drug-likeness (QED) is 0.466. The van der Waals surface area contributed by atoms with Crippen LogP contribution in [-0.4, -0.2) is 12.1 Å². The number of hydrogen-bond donors (Lipinski definition) is 0. The van der Waals surface area contributed by atoms with Crippen molar-refractivity contribution >= 4 is 5.97 Å². The van der Waals surface area contributed by atoms with Gasteiger partial charge in [-0.2, -0.15) is 0 Å². The van der Waals surface area contributed by atoms with Gasteiger partial charge in [-0.05, 0) is 61.4 Å². The molecule has 3 heteroatoms. The van der Waals surface area contributed by atoms with Crippen LogP contribution in [0.2, 0.25) is 0 Å². The topological polar surface area (TPSA) is 35.5 Å². The van der Waals surface area contributed by atoms with Crippen LogP contribution in [0.4, 0.5) is 0 Å². The van der Waals surface area contributed by atoms with Gasteiger partial charge in [-0.3, -0.25) is 0 Å². The van der Waals surface area contributed by atoms with Gasteiger partial charge in [0.2, 0.25) is 0 Å². The van der Waals surface area contributed by atoms with Crippen LogP contribution in [0.3, 0.4) is 0 Å². The first kappa shape index (κ1) is 16.8. The van der Waals surface area contributed by atoms with E-state index in [9.17, 15) is 4.79 Å². The SMILES string of the molecule is CC(C)Oc1ccc(C(=O)Oc2ccc(-c3ccccc3)cc2)cc1. The fraction of sp³-hybridized carbons (Fsp3) is 0.136. The number of ether oxygens (including phenoxy) is 2. The molecule has 0 N–H and O–H groups in total. The van der Waals surface area contributed by atoms with Crippen LogP contribution in [0, 0.1) is 0 Å². The summed E-state index contributed by atoms with van der Waals surface area (Å²) in [5.74, 6) is 0.870. The average molecular weight is 332 g/mol. The third-order valence-corrected chi connectivity index (χ3v) is 3.63. The number of carbonyl (C=O) groups excluding carboxylic acids is 1. The lowest BCUT2D eigenvalue weighted by atomic mass is 10.1. The van der Waals surface area contributed by atoms with Gasteiger partial charge < -0.3 is 9.47 Å². The van der Waals surface area contributed by atoms with Gasteiger partial charge in [0.05, 0.1) is 11.7 Å². The number of rotatable bonds is 5. The summed E-state index contributed by atoms with van der Waals surface area (Å²) in [5, 5.41) is 0. The summed E-state index contributed by atoms with van der Waals surface area (Å²) in [6.07, 6.45) is 0.0981. The summed E-state index contributed by atoms with van der Waals surface area (Å²) in [4.78, 5) is 12.2. The second kappa shape index (κ2) is 7.67. The lowest BCUT2D eigenvalue weighted by Gasteiger charge is -2.10. The third-order valence-electron chi connectivity index (χ3n) is 3.63. The number of carbonyl (C=O) groups is 1. The van der Waals surface area contributed by atoms with Crippen molar-refractivity contribution in [3.05, 3.63) is 84.4 Å². The molecule has 0 atom stereocenters. The van der Waals surface area contributed by atoms with E-state index in [4.69, 9.17) is 9.47 Å². The van der Waals surface area contributed by atoms with Crippen LogP contribution in [0.1, 0.15) is 24.2 Å². The van der Waals surface area contributed by atoms with E-state index in [0.29, 0.717) is 11.3 Å². The zero-order chi connectivity index (χ0) is 17.6. The van der Waals surface area contributed by atoms with Crippen molar-refractivity contribution in [1.82, 2.24) is 0 Å². The highest BCUT2D eigenvalue weighted by Crippen LogP contribution is 2.23. The van der Waals surface area contributed by atoms with Gasteiger partial charge in [-0.25, -0.2) is 4.79 Å². The summed E-state index contributed by atoms with van der Waals surface area (Å²) in [6, 6.07) is 24.5. The Labute approximate surface area is 147 Å². The third kappa shape index (κ3) is 4.48. The van der Waals surface area contributed by atoms with E-state index in [1.54, 1.807) is 36.4 Å². The Morgan fingerprint density at radius 3 is 1.88 bits per heavy atom. The molecule has 0 saturated carbocycles. The molecular weight excluding hydrogens is 312 g/mol. The monoisotopic (exact) mass is 332 g/mol. The van der Waals surface area contributed by atoms with Gasteiger partial charge in [0, 0.05) is 0 Å². The molecule has 0 aliphatic rings. The van der Waals surface area contributed by atoms with Gasteiger partial charge in [0.1, 0.15) is 11.5 Å². The fourth-order valence-corrected chi connectivity index (χ4v) is 2.45. The molecule has 0 aromatic heterocycles. The highest BCUT2D eigenvalue weighted by molar-refractivity contribution is 5.91. The maximum atomic E-state index is 12.2. The molecule has 3 aromatic rings. The van der Waals surface area contributed by atoms with Crippen LogP contribution in [0.15, 0.2) is 78.9 Å². The van der Waals surface area contributed by atoms with E-state index in [0.717, 1.165) is 16.9 Å². The molecule has 0 aliphatic heterocycles. The van der Waals surface area contributed by atoms with Crippen molar-refractivity contribution in [2.75, 3.05) is 0 Å². The van der Waals surface area contributed by atoms with E-state index in [-0.39, 0.29) is 12.1 Å². The smallest absolute Gasteiger partial charge is 0.343 e. The lowest BCUT2D eigenvalue weighted by Crippen LogP contribution is -2.09. The Hall–Kier alpha value is -3.07. The fourth-order valence-electron chi connectivity index (χ4n) is 2.45. The molecule has 0 fully saturated rings. The number of benzene rings is 3. The van der Waals surface area contributed by atoms with Gasteiger partial charge in [-0.15, -0.1) is 0 Å². The van der Waals surface area contributed by atoms with Gasteiger partial charge >= 0.3 is 5.97 Å². The minimum atomic E-state index is -0.386. The molecule has 25 heavy (non-hydrogen) atoms. The van der Waals surface area contributed by atoms with Gasteiger partial charge in [0.25, 0.3) is 0 Å². The highest BCUT2D eigenvalue weighted by Gasteiger charge is 2.09. The first-order valence-electron chi connectivity index (χ1n) is 8.26. The predicted octanol–water partition coefficient (Wildman–Crippen LogP) is 5.36. The Bertz CT molecular complexity index is 819. The van der Waals surface area contributed by atoms with Crippen LogP contribution in [0.5, 0.6) is 11.5 Å². The molecule has 3 rings (SSSR count). The molecule has 3 nitrogen and oxygen atoms in total. The zero-order valence-electron chi connectivity index (χ0n) is 14.3. The maximum Gasteiger partial charge on any atom is 0.343 e. The first-order valence-corrected chi connectivity index (χ1v) is 8.26. The van der Waals surface area contributed by atoms with Crippen LogP contribution >= 0.6 is 0 Å². The molecule has 0 heterocycles. The number of esters is 1. The minimum absolute atomic E-state index is 0.0981. The average Bonchev–Trinajstić information content (AvgIpc) is 2.63. The molecule has 126 valence electrons. The van der Waals surface area contributed by atoms with E-state index >= 15 is 0 Å². The standard InChI is InChI=1S/C22H20O3/c1-16(2)24-20-14-10-19(11-15-20)22(23)25-21-12-8-18(9-13-21)17-6-4-3-5-7-17/h3-16H,1-2H3. The molecule has 0 unspecified atom stereocenters. The Balaban J connectivity index is 1.66. The van der Waals surface area contributed by atoms with Crippen molar-refractivity contribution in [3.8, 4) is 22.6 Å². The van der Waals surface area contributed by atoms with Crippen LogP contribution in [-0.2, 0) is 0 Å². The van der Waals surface area contributed by atoms with E-state index in [1.807, 2.05) is 56.3 Å². The van der Waals surface area contributed by atoms with Crippen molar-refractivity contribution in [2.45, 2.75) is 20.0 Å². The molecule has 0 bridgehead atoms. The van der Waals surface area contributed by atoms with E-state index in [1.165, 1.54) is 0 Å². The summed E-state index contributed by atoms with van der Waals surface area (Å²) < 4.78 is 11.0. The summed E-state index contributed by atoms with van der Waals surface area (Å²) in [5.41, 5.74) is 2.69. The Morgan fingerprint density at radius 2 is 1.28 bits per heavy atom. The Morgan fingerprint density at radius 1 is 0.720 bits per heavy atom. The highest BCUT2D eigenvalue weighted by atomic mass is 16.5. The lowest BCUT2D eigenvalue weighted by molar-refractivity contribution is 0.0734. The summed E-state index contributed by atoms with van der Waals surface area (Å²) in [6.45, 7) is 3.92. The van der Waals surface area contributed by atoms with Crippen molar-refractivity contribution < 1.29 is 14.3 Å². The molecule has 0 aliphatic carbocycles. The van der Waals surface area contributed by atoms with E-state index in [2.05, 4.69) is 0 Å². The molecule has 0 radical (unpaired) electrons. The van der Waals surface area contributed by atoms with Gasteiger partial charge in [0.15, 0.2) is 0 Å². The molecular formula is C22H20O3. The van der Waals surface area contributed by atoms with Crippen LogP contribution < -0.4 is 9.47 Å². The van der Waals surface area contributed by atoms with Crippen molar-refractivity contribution in [1.29, 1.82) is 0 Å². The zero-order valence-corrected chi connectivity index (χ0v) is 14.3. The summed E-state index contributed by atoms with van der Waals surface area (Å²) in [7, 11) is 0. The number of hydrogen-bond acceptors (Lipinski definition) is 3. The van der Waals surface area contributed by atoms with Crippen molar-refractivity contribution in [3.63, 3.8) is 0 Å². The molecule has 0 saturated heterocycles. The molecule has 3 aromatic carbocycles. The molecule has 0 amide bonds. The largest absolute Gasteiger partial charge is 0.491 e. The maximum absolute atomic E-state index is 12.2. The Kier molecular flexibility index (Phi) is 5.14. The first-order chi connectivity index (χ1) is 12.1. The molecule has 0 spiro atoms. The second-order valence-electron chi connectivity index (χ2n) is 5.97.